The van der Waals surface area contributed by atoms with Crippen LogP contribution in [0.4, 0.5) is 0 Å². The van der Waals surface area contributed by atoms with Crippen molar-refractivity contribution in [3.8, 4) is 0 Å². The number of rotatable bonds is 5. The first kappa shape index (κ1) is 15.2. The molecule has 0 aromatic rings. The fourth-order valence-corrected chi connectivity index (χ4v) is 2.64. The number of aliphatic carboxylic acids is 1. The Bertz CT molecular complexity index is 383. The predicted molar refractivity (Wildman–Crippen MR) is 78.2 cm³/mol. The molecule has 2 N–H and O–H groups in total. The zero-order valence-electron chi connectivity index (χ0n) is 12.9. The number of hydrogen-bond acceptors (Lipinski definition) is 3. The fraction of sp³-hybridized carbons (Fsp3) is 0.812. The van der Waals surface area contributed by atoms with Gasteiger partial charge in [0.2, 0.25) is 0 Å². The lowest BCUT2D eigenvalue weighted by Gasteiger charge is -2.31. The van der Waals surface area contributed by atoms with Crippen molar-refractivity contribution in [2.75, 3.05) is 0 Å². The van der Waals surface area contributed by atoms with E-state index >= 15 is 0 Å². The standard InChI is InChI=1S/C16H27NO3/c1-16(2,3)13(15(18)19)17-14(11-9-10-11)20-12-7-5-4-6-8-12/h12-13,17H,4-10H2,1-3H3,(H,18,19). The van der Waals surface area contributed by atoms with Gasteiger partial charge in [-0.15, -0.1) is 0 Å². The van der Waals surface area contributed by atoms with Crippen LogP contribution in [0.5, 0.6) is 0 Å². The monoisotopic (exact) mass is 281 g/mol. The first-order valence-corrected chi connectivity index (χ1v) is 7.76. The average Bonchev–Trinajstić information content (AvgIpc) is 3.17. The van der Waals surface area contributed by atoms with Gasteiger partial charge in [-0.3, -0.25) is 0 Å². The van der Waals surface area contributed by atoms with Gasteiger partial charge in [-0.1, -0.05) is 27.2 Å². The highest BCUT2D eigenvalue weighted by Gasteiger charge is 2.34. The number of ether oxygens (including phenoxy) is 1. The molecular formula is C16H27NO3. The normalized spacial score (nSPS) is 21.2. The van der Waals surface area contributed by atoms with Gasteiger partial charge in [0.15, 0.2) is 5.88 Å². The van der Waals surface area contributed by atoms with Gasteiger partial charge in [-0.05, 0) is 49.5 Å². The zero-order valence-corrected chi connectivity index (χ0v) is 12.9. The molecule has 0 spiro atoms. The number of nitrogens with one attached hydrogen (secondary N) is 1. The van der Waals surface area contributed by atoms with Crippen LogP contribution in [0, 0.1) is 5.41 Å². The van der Waals surface area contributed by atoms with Gasteiger partial charge >= 0.3 is 5.97 Å². The van der Waals surface area contributed by atoms with Gasteiger partial charge in [-0.2, -0.15) is 0 Å². The third kappa shape index (κ3) is 4.15. The minimum atomic E-state index is -0.816. The van der Waals surface area contributed by atoms with Gasteiger partial charge in [0.05, 0.1) is 0 Å². The van der Waals surface area contributed by atoms with E-state index in [0.717, 1.165) is 31.6 Å². The van der Waals surface area contributed by atoms with Crippen LogP contribution in [0.25, 0.3) is 0 Å². The Kier molecular flexibility index (Phi) is 4.61. The van der Waals surface area contributed by atoms with E-state index in [1.165, 1.54) is 24.8 Å². The lowest BCUT2D eigenvalue weighted by molar-refractivity contribution is -0.142. The molecule has 2 saturated carbocycles. The van der Waals surface area contributed by atoms with Gasteiger partial charge in [0.25, 0.3) is 0 Å². The Morgan fingerprint density at radius 3 is 2.30 bits per heavy atom. The molecule has 2 aliphatic rings. The van der Waals surface area contributed by atoms with E-state index in [9.17, 15) is 9.90 Å². The van der Waals surface area contributed by atoms with Crippen molar-refractivity contribution in [3.63, 3.8) is 0 Å². The molecule has 4 heteroatoms. The molecule has 0 aromatic carbocycles. The molecule has 2 aliphatic carbocycles. The molecule has 1 unspecified atom stereocenters. The predicted octanol–water partition coefficient (Wildman–Crippen LogP) is 3.43. The van der Waals surface area contributed by atoms with Gasteiger partial charge < -0.3 is 15.2 Å². The molecule has 0 heterocycles. The molecule has 4 nitrogen and oxygen atoms in total. The highest BCUT2D eigenvalue weighted by molar-refractivity contribution is 5.74. The van der Waals surface area contributed by atoms with E-state index < -0.39 is 12.0 Å². The van der Waals surface area contributed by atoms with Crippen LogP contribution in [0.3, 0.4) is 0 Å². The highest BCUT2D eigenvalue weighted by atomic mass is 16.5. The van der Waals surface area contributed by atoms with E-state index in [1.54, 1.807) is 0 Å². The smallest absolute Gasteiger partial charge is 0.326 e. The average molecular weight is 281 g/mol. The Morgan fingerprint density at radius 1 is 1.25 bits per heavy atom. The van der Waals surface area contributed by atoms with Crippen LogP contribution in [0.15, 0.2) is 11.5 Å². The Hall–Kier alpha value is -1.19. The van der Waals surface area contributed by atoms with Crippen molar-refractivity contribution in [1.82, 2.24) is 5.32 Å². The van der Waals surface area contributed by atoms with E-state index in [2.05, 4.69) is 5.32 Å². The van der Waals surface area contributed by atoms with E-state index in [-0.39, 0.29) is 11.5 Å². The number of carboxylic acids is 1. The minimum absolute atomic E-state index is 0.258. The Morgan fingerprint density at radius 2 is 1.85 bits per heavy atom. The third-order valence-electron chi connectivity index (χ3n) is 4.05. The van der Waals surface area contributed by atoms with Crippen LogP contribution in [0.1, 0.15) is 65.7 Å². The maximum absolute atomic E-state index is 11.5. The second-order valence-corrected chi connectivity index (χ2v) is 7.09. The van der Waals surface area contributed by atoms with Crippen LogP contribution in [-0.2, 0) is 9.53 Å². The van der Waals surface area contributed by atoms with Crippen molar-refractivity contribution < 1.29 is 14.6 Å². The lowest BCUT2D eigenvalue weighted by atomic mass is 9.87. The lowest BCUT2D eigenvalue weighted by Crippen LogP contribution is -2.46. The first-order chi connectivity index (χ1) is 9.38. The van der Waals surface area contributed by atoms with Crippen LogP contribution in [-0.4, -0.2) is 23.2 Å². The summed E-state index contributed by atoms with van der Waals surface area (Å²) in [6.07, 6.45) is 8.23. The summed E-state index contributed by atoms with van der Waals surface area (Å²) in [7, 11) is 0. The fourth-order valence-electron chi connectivity index (χ4n) is 2.64. The summed E-state index contributed by atoms with van der Waals surface area (Å²) in [5, 5.41) is 12.6. The maximum Gasteiger partial charge on any atom is 0.326 e. The SMILES string of the molecule is CC(C)(C)C(NC(OC1CCCCC1)=C1CC1)C(=O)O. The van der Waals surface area contributed by atoms with E-state index in [1.807, 2.05) is 20.8 Å². The molecule has 20 heavy (non-hydrogen) atoms. The summed E-state index contributed by atoms with van der Waals surface area (Å²) >= 11 is 0. The number of allylic oxidation sites excluding steroid dienone is 1. The minimum Gasteiger partial charge on any atom is -0.480 e. The second-order valence-electron chi connectivity index (χ2n) is 7.09. The topological polar surface area (TPSA) is 58.6 Å². The van der Waals surface area contributed by atoms with Crippen molar-refractivity contribution in [3.05, 3.63) is 11.5 Å². The molecule has 114 valence electrons. The maximum atomic E-state index is 11.5. The summed E-state index contributed by atoms with van der Waals surface area (Å²) < 4.78 is 6.10. The Labute approximate surface area is 121 Å². The summed E-state index contributed by atoms with van der Waals surface area (Å²) in [5.74, 6) is -0.0669. The van der Waals surface area contributed by atoms with Crippen LogP contribution in [0.2, 0.25) is 0 Å². The molecule has 0 aliphatic heterocycles. The molecule has 0 radical (unpaired) electrons. The van der Waals surface area contributed by atoms with Crippen molar-refractivity contribution in [2.24, 2.45) is 5.41 Å². The van der Waals surface area contributed by atoms with Crippen molar-refractivity contribution in [1.29, 1.82) is 0 Å². The largest absolute Gasteiger partial charge is 0.480 e. The number of carbonyl (C=O) groups is 1. The van der Waals surface area contributed by atoms with Crippen LogP contribution >= 0.6 is 0 Å². The number of hydrogen-bond donors (Lipinski definition) is 2. The number of carboxylic acid groups (broad SMARTS) is 1. The molecule has 1 atom stereocenters. The van der Waals surface area contributed by atoms with Crippen LogP contribution < -0.4 is 5.32 Å². The summed E-state index contributed by atoms with van der Waals surface area (Å²) in [6, 6.07) is -0.616. The molecule has 0 aromatic heterocycles. The second kappa shape index (κ2) is 6.06. The molecule has 2 rings (SSSR count). The van der Waals surface area contributed by atoms with Gasteiger partial charge in [0.1, 0.15) is 12.1 Å². The zero-order chi connectivity index (χ0) is 14.8. The molecule has 2 fully saturated rings. The van der Waals surface area contributed by atoms with E-state index in [4.69, 9.17) is 4.74 Å². The van der Waals surface area contributed by atoms with Crippen molar-refractivity contribution >= 4 is 5.97 Å². The quantitative estimate of drug-likeness (QED) is 0.758. The molecular weight excluding hydrogens is 254 g/mol. The summed E-state index contributed by atoms with van der Waals surface area (Å²) in [4.78, 5) is 11.5. The van der Waals surface area contributed by atoms with Gasteiger partial charge in [-0.25, -0.2) is 4.79 Å². The summed E-state index contributed by atoms with van der Waals surface area (Å²) in [5.41, 5.74) is 0.897. The third-order valence-corrected chi connectivity index (χ3v) is 4.05. The molecule has 0 amide bonds. The van der Waals surface area contributed by atoms with Crippen molar-refractivity contribution in [2.45, 2.75) is 77.9 Å². The first-order valence-electron chi connectivity index (χ1n) is 7.76. The van der Waals surface area contributed by atoms with Gasteiger partial charge in [0, 0.05) is 0 Å². The Balaban J connectivity index is 2.02. The molecule has 0 bridgehead atoms. The van der Waals surface area contributed by atoms with E-state index in [0.29, 0.717) is 0 Å². The molecule has 0 saturated heterocycles. The summed E-state index contributed by atoms with van der Waals surface area (Å²) in [6.45, 7) is 5.82. The highest BCUT2D eigenvalue weighted by Crippen LogP contribution is 2.34.